The van der Waals surface area contributed by atoms with Gasteiger partial charge in [0.2, 0.25) is 0 Å². The fraction of sp³-hybridized carbons (Fsp3) is 0.273. The van der Waals surface area contributed by atoms with Gasteiger partial charge in [0, 0.05) is 23.7 Å². The number of fused-ring (bicyclic) bond motifs is 1. The summed E-state index contributed by atoms with van der Waals surface area (Å²) in [5.74, 6) is 0.884. The molecule has 1 aromatic carbocycles. The summed E-state index contributed by atoms with van der Waals surface area (Å²) >= 11 is 0. The fourth-order valence-electron chi connectivity index (χ4n) is 1.85. The zero-order chi connectivity index (χ0) is 10.1. The molecule has 3 N–H and O–H groups in total. The van der Waals surface area contributed by atoms with Crippen LogP contribution in [-0.4, -0.2) is 12.1 Å². The van der Waals surface area contributed by atoms with Crippen LogP contribution in [0.4, 0.5) is 0 Å². The highest BCUT2D eigenvalue weighted by Gasteiger charge is 2.09. The van der Waals surface area contributed by atoms with Crippen molar-refractivity contribution in [1.29, 1.82) is 0 Å². The third-order valence-corrected chi connectivity index (χ3v) is 2.49. The normalized spacial score (nSPS) is 10.8. The first kappa shape index (κ1) is 9.09. The average molecular weight is 190 g/mol. The molecule has 0 radical (unpaired) electrons. The Morgan fingerprint density at radius 3 is 2.93 bits per heavy atom. The van der Waals surface area contributed by atoms with E-state index in [1.807, 2.05) is 12.3 Å². The van der Waals surface area contributed by atoms with Crippen molar-refractivity contribution >= 4 is 10.9 Å². The first-order valence-electron chi connectivity index (χ1n) is 4.61. The molecular formula is C11H14N2O. The second-order valence-electron chi connectivity index (χ2n) is 3.36. The predicted octanol–water partition coefficient (Wildman–Crippen LogP) is 1.94. The van der Waals surface area contributed by atoms with Gasteiger partial charge in [0.05, 0.1) is 12.6 Å². The van der Waals surface area contributed by atoms with E-state index < -0.39 is 0 Å². The van der Waals surface area contributed by atoms with E-state index in [0.29, 0.717) is 6.54 Å². The molecular weight excluding hydrogens is 176 g/mol. The van der Waals surface area contributed by atoms with Crippen LogP contribution in [0.1, 0.15) is 11.1 Å². The van der Waals surface area contributed by atoms with Crippen LogP contribution in [-0.2, 0) is 6.54 Å². The maximum absolute atomic E-state index is 5.66. The Labute approximate surface area is 82.9 Å². The summed E-state index contributed by atoms with van der Waals surface area (Å²) in [6.45, 7) is 2.57. The van der Waals surface area contributed by atoms with Gasteiger partial charge in [-0.2, -0.15) is 0 Å². The summed E-state index contributed by atoms with van der Waals surface area (Å²) in [5.41, 5.74) is 9.04. The van der Waals surface area contributed by atoms with Crippen molar-refractivity contribution in [2.24, 2.45) is 5.73 Å². The van der Waals surface area contributed by atoms with Crippen LogP contribution in [0.3, 0.4) is 0 Å². The number of nitrogens with one attached hydrogen (secondary N) is 1. The molecule has 2 aromatic rings. The molecule has 0 atom stereocenters. The van der Waals surface area contributed by atoms with Crippen LogP contribution in [0.5, 0.6) is 5.75 Å². The van der Waals surface area contributed by atoms with E-state index in [2.05, 4.69) is 18.0 Å². The van der Waals surface area contributed by atoms with E-state index in [1.54, 1.807) is 7.11 Å². The summed E-state index contributed by atoms with van der Waals surface area (Å²) < 4.78 is 5.36. The lowest BCUT2D eigenvalue weighted by molar-refractivity contribution is 0.415. The summed E-state index contributed by atoms with van der Waals surface area (Å²) in [5, 5.41) is 1.10. The van der Waals surface area contributed by atoms with Gasteiger partial charge in [0.25, 0.3) is 0 Å². The number of rotatable bonds is 2. The van der Waals surface area contributed by atoms with Crippen LogP contribution in [0, 0.1) is 6.92 Å². The third-order valence-electron chi connectivity index (χ3n) is 2.49. The van der Waals surface area contributed by atoms with Gasteiger partial charge in [-0.15, -0.1) is 0 Å². The molecule has 0 bridgehead atoms. The molecule has 0 aliphatic carbocycles. The zero-order valence-corrected chi connectivity index (χ0v) is 8.42. The van der Waals surface area contributed by atoms with Gasteiger partial charge in [-0.1, -0.05) is 0 Å². The van der Waals surface area contributed by atoms with Crippen LogP contribution >= 0.6 is 0 Å². The number of H-pyrrole nitrogens is 1. The molecule has 3 heteroatoms. The first-order chi connectivity index (χ1) is 6.77. The Morgan fingerprint density at radius 1 is 1.50 bits per heavy atom. The van der Waals surface area contributed by atoms with E-state index in [1.165, 1.54) is 5.56 Å². The monoisotopic (exact) mass is 190 g/mol. The van der Waals surface area contributed by atoms with Gasteiger partial charge in [-0.3, -0.25) is 0 Å². The minimum Gasteiger partial charge on any atom is -0.496 e. The third kappa shape index (κ3) is 1.17. The standard InChI is InChI=1S/C11H14N2O/c1-7-5-8(6-12)11(14-2)9-3-4-13-10(7)9/h3-5,13H,6,12H2,1-2H3. The summed E-state index contributed by atoms with van der Waals surface area (Å²) in [6, 6.07) is 4.08. The number of aromatic nitrogens is 1. The van der Waals surface area contributed by atoms with Crippen molar-refractivity contribution in [3.05, 3.63) is 29.5 Å². The van der Waals surface area contributed by atoms with Crippen molar-refractivity contribution in [2.45, 2.75) is 13.5 Å². The molecule has 0 aliphatic heterocycles. The highest BCUT2D eigenvalue weighted by Crippen LogP contribution is 2.31. The van der Waals surface area contributed by atoms with Crippen LogP contribution in [0.15, 0.2) is 18.3 Å². The number of aryl methyl sites for hydroxylation is 1. The van der Waals surface area contributed by atoms with Crippen molar-refractivity contribution in [3.63, 3.8) is 0 Å². The molecule has 0 aliphatic rings. The minimum atomic E-state index is 0.505. The molecule has 0 fully saturated rings. The smallest absolute Gasteiger partial charge is 0.132 e. The average Bonchev–Trinajstić information content (AvgIpc) is 2.66. The lowest BCUT2D eigenvalue weighted by atomic mass is 10.1. The molecule has 14 heavy (non-hydrogen) atoms. The molecule has 0 unspecified atom stereocenters. The molecule has 74 valence electrons. The first-order valence-corrected chi connectivity index (χ1v) is 4.61. The fourth-order valence-corrected chi connectivity index (χ4v) is 1.85. The number of methoxy groups -OCH3 is 1. The second-order valence-corrected chi connectivity index (χ2v) is 3.36. The topological polar surface area (TPSA) is 51.0 Å². The second kappa shape index (κ2) is 3.35. The highest BCUT2D eigenvalue weighted by atomic mass is 16.5. The van der Waals surface area contributed by atoms with Crippen molar-refractivity contribution in [3.8, 4) is 5.75 Å². The van der Waals surface area contributed by atoms with Crippen molar-refractivity contribution < 1.29 is 4.74 Å². The Morgan fingerprint density at radius 2 is 2.29 bits per heavy atom. The van der Waals surface area contributed by atoms with E-state index in [9.17, 15) is 0 Å². The molecule has 0 saturated carbocycles. The Bertz CT molecular complexity index is 460. The van der Waals surface area contributed by atoms with Gasteiger partial charge in [-0.05, 0) is 24.6 Å². The SMILES string of the molecule is COc1c(CN)cc(C)c2[nH]ccc12. The van der Waals surface area contributed by atoms with Crippen LogP contribution in [0.25, 0.3) is 10.9 Å². The van der Waals surface area contributed by atoms with E-state index >= 15 is 0 Å². The summed E-state index contributed by atoms with van der Waals surface area (Å²) in [4.78, 5) is 3.19. The van der Waals surface area contributed by atoms with Crippen LogP contribution in [0.2, 0.25) is 0 Å². The van der Waals surface area contributed by atoms with E-state index in [-0.39, 0.29) is 0 Å². The predicted molar refractivity (Wildman–Crippen MR) is 57.5 cm³/mol. The van der Waals surface area contributed by atoms with Crippen LogP contribution < -0.4 is 10.5 Å². The largest absolute Gasteiger partial charge is 0.496 e. The van der Waals surface area contributed by atoms with Gasteiger partial charge in [-0.25, -0.2) is 0 Å². The van der Waals surface area contributed by atoms with E-state index in [0.717, 1.165) is 22.2 Å². The number of hydrogen-bond acceptors (Lipinski definition) is 2. The quantitative estimate of drug-likeness (QED) is 0.760. The van der Waals surface area contributed by atoms with Gasteiger partial charge in [0.15, 0.2) is 0 Å². The van der Waals surface area contributed by atoms with Crippen molar-refractivity contribution in [2.75, 3.05) is 7.11 Å². The number of nitrogens with two attached hydrogens (primary N) is 1. The molecule has 0 saturated heterocycles. The molecule has 0 amide bonds. The lowest BCUT2D eigenvalue weighted by Crippen LogP contribution is -2.00. The Balaban J connectivity index is 2.82. The van der Waals surface area contributed by atoms with Gasteiger partial charge >= 0.3 is 0 Å². The maximum atomic E-state index is 5.66. The molecule has 1 aromatic heterocycles. The molecule has 1 heterocycles. The minimum absolute atomic E-state index is 0.505. The van der Waals surface area contributed by atoms with Gasteiger partial charge < -0.3 is 15.5 Å². The highest BCUT2D eigenvalue weighted by molar-refractivity contribution is 5.89. The Kier molecular flexibility index (Phi) is 2.17. The lowest BCUT2D eigenvalue weighted by Gasteiger charge is -2.09. The van der Waals surface area contributed by atoms with Gasteiger partial charge in [0.1, 0.15) is 5.75 Å². The maximum Gasteiger partial charge on any atom is 0.132 e. The van der Waals surface area contributed by atoms with E-state index in [4.69, 9.17) is 10.5 Å². The van der Waals surface area contributed by atoms with Crippen molar-refractivity contribution in [1.82, 2.24) is 4.98 Å². The zero-order valence-electron chi connectivity index (χ0n) is 8.42. The number of ether oxygens (including phenoxy) is 1. The number of hydrogen-bond donors (Lipinski definition) is 2. The summed E-state index contributed by atoms with van der Waals surface area (Å²) in [6.07, 6.45) is 1.92. The Hall–Kier alpha value is -1.48. The molecule has 3 nitrogen and oxygen atoms in total. The summed E-state index contributed by atoms with van der Waals surface area (Å²) in [7, 11) is 1.68. The number of benzene rings is 1. The number of aromatic amines is 1. The molecule has 2 rings (SSSR count). The molecule has 0 spiro atoms.